The topological polar surface area (TPSA) is 38.5 Å². The highest BCUT2D eigenvalue weighted by Crippen LogP contribution is 2.30. The van der Waals surface area contributed by atoms with E-state index in [9.17, 15) is 0 Å². The van der Waals surface area contributed by atoms with E-state index in [1.54, 1.807) is 0 Å². The van der Waals surface area contributed by atoms with Crippen molar-refractivity contribution in [1.29, 1.82) is 0 Å². The van der Waals surface area contributed by atoms with Gasteiger partial charge in [0.2, 0.25) is 0 Å². The van der Waals surface area contributed by atoms with Crippen molar-refractivity contribution in [3.63, 3.8) is 0 Å². The summed E-state index contributed by atoms with van der Waals surface area (Å²) >= 11 is 0. The Balaban J connectivity index is 2.69. The number of nitrogens with zero attached hydrogens (tertiary/aromatic N) is 1. The second kappa shape index (κ2) is 7.46. The van der Waals surface area contributed by atoms with E-state index in [4.69, 9.17) is 10.5 Å². The molecule has 1 unspecified atom stereocenters. The molecule has 1 heterocycles. The van der Waals surface area contributed by atoms with Gasteiger partial charge in [-0.15, -0.1) is 0 Å². The quantitative estimate of drug-likeness (QED) is 0.725. The fraction of sp³-hybridized carbons (Fsp3) is 1.00. The maximum Gasteiger partial charge on any atom is 0.0547 e. The third-order valence-corrected chi connectivity index (χ3v) is 4.22. The zero-order valence-electron chi connectivity index (χ0n) is 12.7. The summed E-state index contributed by atoms with van der Waals surface area (Å²) in [7, 11) is 0. The Morgan fingerprint density at radius 1 is 1.28 bits per heavy atom. The van der Waals surface area contributed by atoms with Crippen LogP contribution in [0.25, 0.3) is 0 Å². The van der Waals surface area contributed by atoms with E-state index in [0.717, 1.165) is 32.7 Å². The largest absolute Gasteiger partial charge is 0.381 e. The highest BCUT2D eigenvalue weighted by atomic mass is 16.5. The van der Waals surface area contributed by atoms with Gasteiger partial charge in [-0.2, -0.15) is 0 Å². The predicted molar refractivity (Wildman–Crippen MR) is 77.7 cm³/mol. The van der Waals surface area contributed by atoms with Gasteiger partial charge in [0.05, 0.1) is 6.61 Å². The molecular formula is C15H32N2O. The van der Waals surface area contributed by atoms with E-state index in [1.807, 2.05) is 0 Å². The maximum atomic E-state index is 6.02. The molecule has 3 heteroatoms. The summed E-state index contributed by atoms with van der Waals surface area (Å²) in [6.45, 7) is 14.0. The lowest BCUT2D eigenvalue weighted by molar-refractivity contribution is 0.0784. The van der Waals surface area contributed by atoms with Crippen molar-refractivity contribution in [2.45, 2.75) is 53.0 Å². The van der Waals surface area contributed by atoms with Gasteiger partial charge in [0, 0.05) is 37.7 Å². The molecule has 0 saturated carbocycles. The van der Waals surface area contributed by atoms with E-state index in [2.05, 4.69) is 32.6 Å². The average molecular weight is 256 g/mol. The molecule has 1 rings (SSSR count). The lowest BCUT2D eigenvalue weighted by Gasteiger charge is -2.38. The first-order valence-corrected chi connectivity index (χ1v) is 7.58. The summed E-state index contributed by atoms with van der Waals surface area (Å²) in [5.41, 5.74) is 6.23. The van der Waals surface area contributed by atoms with Crippen molar-refractivity contribution >= 4 is 0 Å². The van der Waals surface area contributed by atoms with Gasteiger partial charge < -0.3 is 10.5 Å². The van der Waals surface area contributed by atoms with Crippen LogP contribution in [-0.4, -0.2) is 43.8 Å². The Morgan fingerprint density at radius 2 is 1.94 bits per heavy atom. The zero-order chi connectivity index (χ0) is 13.6. The van der Waals surface area contributed by atoms with Gasteiger partial charge in [0.15, 0.2) is 0 Å². The number of hydrogen-bond acceptors (Lipinski definition) is 3. The molecule has 0 aromatic rings. The molecule has 0 bridgehead atoms. The van der Waals surface area contributed by atoms with E-state index in [-0.39, 0.29) is 5.41 Å². The van der Waals surface area contributed by atoms with E-state index in [1.165, 1.54) is 19.4 Å². The van der Waals surface area contributed by atoms with Crippen LogP contribution in [0.5, 0.6) is 0 Å². The second-order valence-corrected chi connectivity index (χ2v) is 6.30. The Hall–Kier alpha value is -0.120. The fourth-order valence-electron chi connectivity index (χ4n) is 3.05. The molecule has 3 nitrogen and oxygen atoms in total. The van der Waals surface area contributed by atoms with Gasteiger partial charge >= 0.3 is 0 Å². The highest BCUT2D eigenvalue weighted by Gasteiger charge is 2.36. The molecule has 108 valence electrons. The Bertz CT molecular complexity index is 221. The molecular weight excluding hydrogens is 224 g/mol. The molecule has 2 N–H and O–H groups in total. The van der Waals surface area contributed by atoms with Gasteiger partial charge in [0.1, 0.15) is 0 Å². The van der Waals surface area contributed by atoms with Gasteiger partial charge in [-0.25, -0.2) is 0 Å². The maximum absolute atomic E-state index is 6.02. The van der Waals surface area contributed by atoms with Crippen LogP contribution in [0.15, 0.2) is 0 Å². The van der Waals surface area contributed by atoms with Gasteiger partial charge in [-0.1, -0.05) is 27.7 Å². The number of nitrogens with two attached hydrogens (primary N) is 1. The first-order valence-electron chi connectivity index (χ1n) is 7.58. The highest BCUT2D eigenvalue weighted by molar-refractivity contribution is 4.89. The molecule has 1 aliphatic heterocycles. The standard InChI is InChI=1S/C15H32N2O/c1-5-14(6-2)17(9-13(3)4)11-15(10-16)7-8-18-12-15/h13-14H,5-12,16H2,1-4H3. The van der Waals surface area contributed by atoms with Crippen molar-refractivity contribution < 1.29 is 4.74 Å². The van der Waals surface area contributed by atoms with Crippen LogP contribution >= 0.6 is 0 Å². The van der Waals surface area contributed by atoms with Crippen LogP contribution in [-0.2, 0) is 4.74 Å². The van der Waals surface area contributed by atoms with Gasteiger partial charge in [-0.3, -0.25) is 4.90 Å². The first-order chi connectivity index (χ1) is 8.56. The molecule has 0 amide bonds. The minimum absolute atomic E-state index is 0.206. The van der Waals surface area contributed by atoms with E-state index >= 15 is 0 Å². The van der Waals surface area contributed by atoms with Gasteiger partial charge in [-0.05, 0) is 25.2 Å². The van der Waals surface area contributed by atoms with Crippen molar-refractivity contribution in [1.82, 2.24) is 4.90 Å². The summed E-state index contributed by atoms with van der Waals surface area (Å²) in [5.74, 6) is 0.711. The number of rotatable bonds is 8. The second-order valence-electron chi connectivity index (χ2n) is 6.30. The lowest BCUT2D eigenvalue weighted by atomic mass is 9.85. The predicted octanol–water partition coefficient (Wildman–Crippen LogP) is 2.50. The van der Waals surface area contributed by atoms with Crippen LogP contribution in [0.4, 0.5) is 0 Å². The first kappa shape index (κ1) is 15.9. The molecule has 0 aromatic carbocycles. The van der Waals surface area contributed by atoms with E-state index < -0.39 is 0 Å². The van der Waals surface area contributed by atoms with Crippen LogP contribution in [0, 0.1) is 11.3 Å². The molecule has 1 fully saturated rings. The zero-order valence-corrected chi connectivity index (χ0v) is 12.7. The van der Waals surface area contributed by atoms with Gasteiger partial charge in [0.25, 0.3) is 0 Å². The molecule has 0 spiro atoms. The minimum atomic E-state index is 0.206. The molecule has 0 radical (unpaired) electrons. The van der Waals surface area contributed by atoms with Crippen LogP contribution in [0.3, 0.4) is 0 Å². The minimum Gasteiger partial charge on any atom is -0.381 e. The van der Waals surface area contributed by atoms with E-state index in [0.29, 0.717) is 12.0 Å². The van der Waals surface area contributed by atoms with Crippen molar-refractivity contribution in [3.05, 3.63) is 0 Å². The summed E-state index contributed by atoms with van der Waals surface area (Å²) < 4.78 is 5.60. The summed E-state index contributed by atoms with van der Waals surface area (Å²) in [5, 5.41) is 0. The lowest BCUT2D eigenvalue weighted by Crippen LogP contribution is -2.48. The number of hydrogen-bond donors (Lipinski definition) is 1. The number of ether oxygens (including phenoxy) is 1. The van der Waals surface area contributed by atoms with Crippen LogP contribution in [0.2, 0.25) is 0 Å². The molecule has 0 aliphatic carbocycles. The van der Waals surface area contributed by atoms with Crippen molar-refractivity contribution in [3.8, 4) is 0 Å². The molecule has 18 heavy (non-hydrogen) atoms. The third-order valence-electron chi connectivity index (χ3n) is 4.22. The Labute approximate surface area is 113 Å². The summed E-state index contributed by atoms with van der Waals surface area (Å²) in [6, 6.07) is 0.691. The van der Waals surface area contributed by atoms with Crippen molar-refractivity contribution in [2.24, 2.45) is 17.1 Å². The van der Waals surface area contributed by atoms with Crippen LogP contribution < -0.4 is 5.73 Å². The summed E-state index contributed by atoms with van der Waals surface area (Å²) in [6.07, 6.45) is 3.58. The smallest absolute Gasteiger partial charge is 0.0547 e. The molecule has 1 saturated heterocycles. The molecule has 1 aliphatic rings. The van der Waals surface area contributed by atoms with Crippen molar-refractivity contribution in [2.75, 3.05) is 32.8 Å². The Kier molecular flexibility index (Phi) is 6.61. The summed E-state index contributed by atoms with van der Waals surface area (Å²) in [4.78, 5) is 2.66. The molecule has 0 aromatic heterocycles. The average Bonchev–Trinajstić information content (AvgIpc) is 2.79. The molecule has 1 atom stereocenters. The monoisotopic (exact) mass is 256 g/mol. The normalized spacial score (nSPS) is 24.7. The fourth-order valence-corrected chi connectivity index (χ4v) is 3.05. The Morgan fingerprint density at radius 3 is 2.33 bits per heavy atom. The SMILES string of the molecule is CCC(CC)N(CC(C)C)CC1(CN)CCOC1. The third kappa shape index (κ3) is 4.22. The van der Waals surface area contributed by atoms with Crippen LogP contribution in [0.1, 0.15) is 47.0 Å².